The Morgan fingerprint density at radius 3 is 1.89 bits per heavy atom. The number of methoxy groups -OCH3 is 2. The predicted molar refractivity (Wildman–Crippen MR) is 116 cm³/mol. The zero-order chi connectivity index (χ0) is 19.3. The second kappa shape index (κ2) is 8.26. The number of benzene rings is 3. The molecule has 0 spiro atoms. The summed E-state index contributed by atoms with van der Waals surface area (Å²) in [4.78, 5) is 4.91. The van der Waals surface area contributed by atoms with Gasteiger partial charge in [0.25, 0.3) is 0 Å². The summed E-state index contributed by atoms with van der Waals surface area (Å²) in [5.41, 5.74) is 4.95. The molecule has 3 aromatic carbocycles. The van der Waals surface area contributed by atoms with E-state index in [9.17, 15) is 0 Å². The lowest BCUT2D eigenvalue weighted by Gasteiger charge is -2.38. The molecule has 0 atom stereocenters. The van der Waals surface area contributed by atoms with Gasteiger partial charge in [0.2, 0.25) is 0 Å². The van der Waals surface area contributed by atoms with Gasteiger partial charge in [-0.05, 0) is 48.0 Å². The average Bonchev–Trinajstić information content (AvgIpc) is 2.79. The Morgan fingerprint density at radius 2 is 1.25 bits per heavy atom. The van der Waals surface area contributed by atoms with Crippen LogP contribution in [0.3, 0.4) is 0 Å². The topological polar surface area (TPSA) is 24.9 Å². The van der Waals surface area contributed by atoms with Crippen molar-refractivity contribution in [1.82, 2.24) is 0 Å². The van der Waals surface area contributed by atoms with Crippen molar-refractivity contribution in [3.8, 4) is 22.6 Å². The number of rotatable bonds is 5. The molecule has 4 heteroatoms. The number of hydrogen-bond donors (Lipinski definition) is 0. The van der Waals surface area contributed by atoms with Crippen molar-refractivity contribution in [1.29, 1.82) is 0 Å². The fourth-order valence-corrected chi connectivity index (χ4v) is 3.77. The van der Waals surface area contributed by atoms with Crippen molar-refractivity contribution in [3.63, 3.8) is 0 Å². The summed E-state index contributed by atoms with van der Waals surface area (Å²) in [5.74, 6) is 1.78. The minimum absolute atomic E-state index is 0.888. The first kappa shape index (κ1) is 18.2. The molecule has 144 valence electrons. The summed E-state index contributed by atoms with van der Waals surface area (Å²) in [5, 5.41) is 0. The van der Waals surface area contributed by atoms with Gasteiger partial charge in [-0.15, -0.1) is 0 Å². The number of ether oxygens (including phenoxy) is 2. The number of hydrogen-bond acceptors (Lipinski definition) is 4. The molecule has 0 aromatic heterocycles. The Hall–Kier alpha value is -3.14. The smallest absolute Gasteiger partial charge is 0.119 e. The predicted octanol–water partition coefficient (Wildman–Crippen LogP) is 4.70. The van der Waals surface area contributed by atoms with Crippen LogP contribution in [0.25, 0.3) is 11.1 Å². The first-order valence-electron chi connectivity index (χ1n) is 9.66. The largest absolute Gasteiger partial charge is 0.497 e. The Bertz CT molecular complexity index is 902. The van der Waals surface area contributed by atoms with Crippen LogP contribution in [0.2, 0.25) is 0 Å². The van der Waals surface area contributed by atoms with Gasteiger partial charge < -0.3 is 19.3 Å². The fourth-order valence-electron chi connectivity index (χ4n) is 3.77. The maximum absolute atomic E-state index is 5.48. The molecule has 1 fully saturated rings. The fraction of sp³-hybridized carbons (Fsp3) is 0.250. The van der Waals surface area contributed by atoms with E-state index in [-0.39, 0.29) is 0 Å². The number of nitrogens with zero attached hydrogens (tertiary/aromatic N) is 2. The molecule has 0 radical (unpaired) electrons. The Morgan fingerprint density at radius 1 is 0.643 bits per heavy atom. The second-order valence-corrected chi connectivity index (χ2v) is 6.92. The Kier molecular flexibility index (Phi) is 5.38. The highest BCUT2D eigenvalue weighted by atomic mass is 16.5. The summed E-state index contributed by atoms with van der Waals surface area (Å²) < 4.78 is 10.7. The van der Waals surface area contributed by atoms with Gasteiger partial charge in [-0.25, -0.2) is 0 Å². The third-order valence-corrected chi connectivity index (χ3v) is 5.35. The average molecular weight is 374 g/mol. The first-order valence-corrected chi connectivity index (χ1v) is 9.66. The van der Waals surface area contributed by atoms with E-state index in [0.29, 0.717) is 0 Å². The molecule has 1 heterocycles. The second-order valence-electron chi connectivity index (χ2n) is 6.92. The third kappa shape index (κ3) is 3.77. The van der Waals surface area contributed by atoms with Crippen molar-refractivity contribution in [2.45, 2.75) is 0 Å². The molecule has 1 aliphatic heterocycles. The third-order valence-electron chi connectivity index (χ3n) is 5.35. The highest BCUT2D eigenvalue weighted by Gasteiger charge is 2.20. The lowest BCUT2D eigenvalue weighted by atomic mass is 10.0. The zero-order valence-electron chi connectivity index (χ0n) is 16.5. The zero-order valence-corrected chi connectivity index (χ0v) is 16.5. The van der Waals surface area contributed by atoms with Crippen LogP contribution in [0, 0.1) is 0 Å². The lowest BCUT2D eigenvalue weighted by Crippen LogP contribution is -2.46. The van der Waals surface area contributed by atoms with Crippen LogP contribution in [0.15, 0.2) is 72.8 Å². The molecule has 0 saturated carbocycles. The molecule has 1 aliphatic rings. The van der Waals surface area contributed by atoms with E-state index in [0.717, 1.165) is 37.7 Å². The van der Waals surface area contributed by atoms with Gasteiger partial charge >= 0.3 is 0 Å². The molecule has 0 N–H and O–H groups in total. The van der Waals surface area contributed by atoms with E-state index < -0.39 is 0 Å². The van der Waals surface area contributed by atoms with Gasteiger partial charge in [0.05, 0.1) is 14.2 Å². The minimum Gasteiger partial charge on any atom is -0.497 e. The Balaban J connectivity index is 1.54. The number of anilines is 2. The maximum Gasteiger partial charge on any atom is 0.119 e. The summed E-state index contributed by atoms with van der Waals surface area (Å²) in [6, 6.07) is 25.2. The molecule has 1 saturated heterocycles. The summed E-state index contributed by atoms with van der Waals surface area (Å²) in [6.45, 7) is 3.95. The minimum atomic E-state index is 0.888. The van der Waals surface area contributed by atoms with Gasteiger partial charge in [-0.2, -0.15) is 0 Å². The molecule has 0 bridgehead atoms. The molecule has 28 heavy (non-hydrogen) atoms. The monoisotopic (exact) mass is 374 g/mol. The normalized spacial score (nSPS) is 14.1. The van der Waals surface area contributed by atoms with E-state index in [2.05, 4.69) is 70.5 Å². The van der Waals surface area contributed by atoms with Crippen molar-refractivity contribution >= 4 is 11.4 Å². The highest BCUT2D eigenvalue weighted by Crippen LogP contribution is 2.35. The van der Waals surface area contributed by atoms with Crippen molar-refractivity contribution in [2.24, 2.45) is 0 Å². The van der Waals surface area contributed by atoms with E-state index >= 15 is 0 Å². The van der Waals surface area contributed by atoms with Crippen LogP contribution >= 0.6 is 0 Å². The van der Waals surface area contributed by atoms with Gasteiger partial charge in [0, 0.05) is 43.1 Å². The van der Waals surface area contributed by atoms with Crippen LogP contribution < -0.4 is 19.3 Å². The Labute approximate surface area is 166 Å². The molecular weight excluding hydrogens is 348 g/mol. The summed E-state index contributed by atoms with van der Waals surface area (Å²) in [7, 11) is 3.42. The lowest BCUT2D eigenvalue weighted by molar-refractivity contribution is 0.414. The van der Waals surface area contributed by atoms with Crippen molar-refractivity contribution in [3.05, 3.63) is 72.8 Å². The highest BCUT2D eigenvalue weighted by molar-refractivity contribution is 5.80. The summed E-state index contributed by atoms with van der Waals surface area (Å²) >= 11 is 0. The molecule has 0 aliphatic carbocycles. The molecule has 0 unspecified atom stereocenters. The van der Waals surface area contributed by atoms with Gasteiger partial charge in [0.15, 0.2) is 0 Å². The van der Waals surface area contributed by atoms with Crippen molar-refractivity contribution in [2.75, 3.05) is 50.2 Å². The number of piperazine rings is 1. The van der Waals surface area contributed by atoms with Crippen LogP contribution in [0.4, 0.5) is 11.4 Å². The van der Waals surface area contributed by atoms with E-state index in [1.807, 2.05) is 12.1 Å². The molecule has 4 rings (SSSR count). The molecule has 3 aromatic rings. The van der Waals surface area contributed by atoms with Gasteiger partial charge in [0.1, 0.15) is 11.5 Å². The first-order chi connectivity index (χ1) is 13.8. The van der Waals surface area contributed by atoms with Crippen LogP contribution in [0.5, 0.6) is 11.5 Å². The summed E-state index contributed by atoms with van der Waals surface area (Å²) in [6.07, 6.45) is 0. The quantitative estimate of drug-likeness (QED) is 0.646. The van der Waals surface area contributed by atoms with Gasteiger partial charge in [-0.1, -0.05) is 30.3 Å². The molecular formula is C24H26N2O2. The standard InChI is InChI=1S/C24H26N2O2/c1-27-21-10-8-20(9-11-21)25-14-16-26(17-15-25)24-13-12-22(28-2)18-23(24)19-6-4-3-5-7-19/h3-13,18H,14-17H2,1-2H3. The molecule has 4 nitrogen and oxygen atoms in total. The SMILES string of the molecule is COc1ccc(N2CCN(c3ccc(OC)cc3-c3ccccc3)CC2)cc1. The van der Waals surface area contributed by atoms with E-state index in [4.69, 9.17) is 9.47 Å². The van der Waals surface area contributed by atoms with E-state index in [1.165, 1.54) is 22.5 Å². The van der Waals surface area contributed by atoms with Crippen LogP contribution in [-0.4, -0.2) is 40.4 Å². The van der Waals surface area contributed by atoms with Crippen LogP contribution in [-0.2, 0) is 0 Å². The van der Waals surface area contributed by atoms with E-state index in [1.54, 1.807) is 14.2 Å². The van der Waals surface area contributed by atoms with Gasteiger partial charge in [-0.3, -0.25) is 0 Å². The maximum atomic E-state index is 5.48. The molecule has 0 amide bonds. The van der Waals surface area contributed by atoms with Crippen molar-refractivity contribution < 1.29 is 9.47 Å². The van der Waals surface area contributed by atoms with Crippen LogP contribution in [0.1, 0.15) is 0 Å².